The SMILES string of the molecule is CN1CCC[C@H]1COc1nc2c(F)c(-c3cc(OC(=O)C(C)(C)C)cc4ccccc34)c(CCC#N)cc2c(NC23CC(C2)C(C(=O)OC(C)(C)C)N3C(=O)O)c1CCCO[Si](C)(C)C(C)(C)C. The second-order valence-corrected chi connectivity index (χ2v) is 27.4. The zero-order valence-corrected chi connectivity index (χ0v) is 43.0. The molecule has 3 saturated heterocycles. The summed E-state index contributed by atoms with van der Waals surface area (Å²) in [4.78, 5) is 48.9. The number of amides is 1. The van der Waals surface area contributed by atoms with E-state index in [1.165, 1.54) is 4.90 Å². The Balaban J connectivity index is 1.47. The molecule has 366 valence electrons. The van der Waals surface area contributed by atoms with Gasteiger partial charge in [-0.3, -0.25) is 9.69 Å². The predicted molar refractivity (Wildman–Crippen MR) is 265 cm³/mol. The van der Waals surface area contributed by atoms with Crippen molar-refractivity contribution >= 4 is 53.7 Å². The molecular formula is C53H70FN5O8Si. The minimum atomic E-state index is -2.14. The maximum absolute atomic E-state index is 18.4. The minimum absolute atomic E-state index is 0.0173. The van der Waals surface area contributed by atoms with Crippen LogP contribution in [0.4, 0.5) is 14.9 Å². The van der Waals surface area contributed by atoms with Crippen LogP contribution >= 0.6 is 0 Å². The predicted octanol–water partition coefficient (Wildman–Crippen LogP) is 11.3. The molecule has 4 aromatic rings. The Bertz CT molecular complexity index is 2640. The lowest BCUT2D eigenvalue weighted by Crippen LogP contribution is -2.56. The second kappa shape index (κ2) is 18.9. The van der Waals surface area contributed by atoms with E-state index in [1.54, 1.807) is 53.7 Å². The van der Waals surface area contributed by atoms with Crippen LogP contribution in [0.25, 0.3) is 32.8 Å². The third-order valence-corrected chi connectivity index (χ3v) is 18.9. The van der Waals surface area contributed by atoms with Gasteiger partial charge in [-0.25, -0.2) is 19.0 Å². The summed E-state index contributed by atoms with van der Waals surface area (Å²) < 4.78 is 43.6. The average Bonchev–Trinajstić information content (AvgIpc) is 3.90. The number of hydrogen-bond donors (Lipinski definition) is 2. The van der Waals surface area contributed by atoms with E-state index in [-0.39, 0.29) is 59.2 Å². The third-order valence-electron chi connectivity index (χ3n) is 14.3. The van der Waals surface area contributed by atoms with Gasteiger partial charge in [-0.2, -0.15) is 5.26 Å². The number of hydrogen-bond acceptors (Lipinski definition) is 11. The van der Waals surface area contributed by atoms with Gasteiger partial charge in [0.15, 0.2) is 14.1 Å². The van der Waals surface area contributed by atoms with Gasteiger partial charge in [0, 0.05) is 35.6 Å². The molecule has 2 N–H and O–H groups in total. The molecular weight excluding hydrogens is 882 g/mol. The monoisotopic (exact) mass is 951 g/mol. The molecule has 3 aromatic carbocycles. The molecule has 1 unspecified atom stereocenters. The Labute approximate surface area is 401 Å². The standard InChI is InChI=1S/C53H70FN5O8Si/c1-50(2,3)48(61)66-36-26-32-18-13-14-21-37(32)39(28-36)41-33(19-15-23-55)27-40-43(57-53-29-34(30-53)45(59(53)49(62)63)47(60)67-51(4,5)6)38(22-17-25-65-68(11,12)52(7,8)9)46(56-44(40)42(41)54)64-31-35-20-16-24-58(35)10/h13-14,18,21,26-28,34-35,45H,15-17,19-20,22,24-25,29-31H2,1-12H3,(H,56,57)(H,62,63)/t34?,35-,45?,53?/m0/s1. The lowest BCUT2D eigenvalue weighted by molar-refractivity contribution is -0.160. The van der Waals surface area contributed by atoms with Gasteiger partial charge in [-0.05, 0) is 164 Å². The molecule has 0 radical (unpaired) electrons. The summed E-state index contributed by atoms with van der Waals surface area (Å²) in [6.07, 6.45) is 2.45. The summed E-state index contributed by atoms with van der Waals surface area (Å²) in [6, 6.07) is 14.0. The maximum Gasteiger partial charge on any atom is 0.409 e. The summed E-state index contributed by atoms with van der Waals surface area (Å²) in [6.45, 7) is 23.2. The number of likely N-dealkylation sites (tertiary alicyclic amines) is 1. The number of benzene rings is 3. The number of carbonyl (C=O) groups is 3. The largest absolute Gasteiger partial charge is 0.476 e. The van der Waals surface area contributed by atoms with Crippen LogP contribution in [-0.4, -0.2) is 96.4 Å². The number of anilines is 1. The zero-order chi connectivity index (χ0) is 49.7. The van der Waals surface area contributed by atoms with Crippen molar-refractivity contribution < 1.29 is 42.5 Å². The van der Waals surface area contributed by atoms with E-state index in [4.69, 9.17) is 23.6 Å². The molecule has 15 heteroatoms. The molecule has 4 fully saturated rings. The number of carbonyl (C=O) groups excluding carboxylic acids is 2. The summed E-state index contributed by atoms with van der Waals surface area (Å²) in [7, 11) is -0.0872. The fourth-order valence-electron chi connectivity index (χ4n) is 9.63. The van der Waals surface area contributed by atoms with E-state index >= 15 is 4.39 Å². The summed E-state index contributed by atoms with van der Waals surface area (Å²) >= 11 is 0. The van der Waals surface area contributed by atoms with Crippen LogP contribution in [0.2, 0.25) is 18.1 Å². The van der Waals surface area contributed by atoms with Crippen molar-refractivity contribution in [2.75, 3.05) is 32.1 Å². The number of nitrogens with one attached hydrogen (secondary N) is 1. The molecule has 1 saturated carbocycles. The first-order valence-corrected chi connectivity index (χ1v) is 27.0. The topological polar surface area (TPSA) is 164 Å². The van der Waals surface area contributed by atoms with Crippen LogP contribution in [-0.2, 0) is 31.6 Å². The van der Waals surface area contributed by atoms with E-state index < -0.39 is 54.9 Å². The Morgan fingerprint density at radius 3 is 2.34 bits per heavy atom. The van der Waals surface area contributed by atoms with Crippen LogP contribution in [0.3, 0.4) is 0 Å². The van der Waals surface area contributed by atoms with Crippen molar-refractivity contribution in [3.8, 4) is 28.8 Å². The number of aromatic nitrogens is 1. The fraction of sp³-hybridized carbons (Fsp3) is 0.566. The van der Waals surface area contributed by atoms with Crippen molar-refractivity contribution in [1.82, 2.24) is 14.8 Å². The molecule has 2 bridgehead atoms. The van der Waals surface area contributed by atoms with Gasteiger partial charge >= 0.3 is 18.0 Å². The number of fused-ring (bicyclic) bond motifs is 3. The van der Waals surface area contributed by atoms with Crippen LogP contribution < -0.4 is 14.8 Å². The average molecular weight is 952 g/mol. The highest BCUT2D eigenvalue weighted by atomic mass is 28.4. The normalized spacial score (nSPS) is 20.9. The first-order chi connectivity index (χ1) is 31.7. The number of pyridine rings is 1. The van der Waals surface area contributed by atoms with E-state index in [0.29, 0.717) is 65.4 Å². The molecule has 1 amide bonds. The van der Waals surface area contributed by atoms with Crippen molar-refractivity contribution in [1.29, 1.82) is 5.26 Å². The maximum atomic E-state index is 18.4. The van der Waals surface area contributed by atoms with Gasteiger partial charge in [0.05, 0.1) is 17.2 Å². The van der Waals surface area contributed by atoms with Crippen LogP contribution in [0.15, 0.2) is 42.5 Å². The highest BCUT2D eigenvalue weighted by Gasteiger charge is 2.67. The molecule has 3 aliphatic heterocycles. The lowest BCUT2D eigenvalue weighted by atomic mass is 9.77. The molecule has 4 aliphatic rings. The van der Waals surface area contributed by atoms with Crippen LogP contribution in [0.1, 0.15) is 112 Å². The van der Waals surface area contributed by atoms with Gasteiger partial charge in [-0.1, -0.05) is 45.0 Å². The van der Waals surface area contributed by atoms with Gasteiger partial charge < -0.3 is 34.0 Å². The molecule has 68 heavy (non-hydrogen) atoms. The summed E-state index contributed by atoms with van der Waals surface area (Å²) in [5, 5.41) is 26.3. The number of esters is 2. The highest BCUT2D eigenvalue weighted by molar-refractivity contribution is 6.74. The Morgan fingerprint density at radius 1 is 1.01 bits per heavy atom. The first kappa shape index (κ1) is 50.6. The first-order valence-electron chi connectivity index (χ1n) is 24.1. The van der Waals surface area contributed by atoms with Crippen molar-refractivity contribution in [2.45, 2.75) is 155 Å². The van der Waals surface area contributed by atoms with Gasteiger partial charge in [0.25, 0.3) is 0 Å². The second-order valence-electron chi connectivity index (χ2n) is 22.6. The van der Waals surface area contributed by atoms with Crippen LogP contribution in [0.5, 0.6) is 11.6 Å². The fourth-order valence-corrected chi connectivity index (χ4v) is 10.7. The number of ether oxygens (including phenoxy) is 3. The van der Waals surface area contributed by atoms with Crippen molar-refractivity contribution in [3.05, 3.63) is 59.4 Å². The van der Waals surface area contributed by atoms with Crippen LogP contribution in [0, 0.1) is 28.5 Å². The van der Waals surface area contributed by atoms with Crippen molar-refractivity contribution in [2.24, 2.45) is 11.3 Å². The minimum Gasteiger partial charge on any atom is -0.476 e. The zero-order valence-electron chi connectivity index (χ0n) is 42.0. The van der Waals surface area contributed by atoms with E-state index in [9.17, 15) is 24.8 Å². The molecule has 13 nitrogen and oxygen atoms in total. The lowest BCUT2D eigenvalue weighted by Gasteiger charge is -2.43. The number of carboxylic acid groups (broad SMARTS) is 1. The smallest absolute Gasteiger partial charge is 0.409 e. The Hall–Kier alpha value is -5.30. The number of rotatable bonds is 15. The molecule has 2 atom stereocenters. The Morgan fingerprint density at radius 2 is 1.72 bits per heavy atom. The number of aryl methyl sites for hydroxylation is 1. The summed E-state index contributed by atoms with van der Waals surface area (Å²) in [5.74, 6) is -1.58. The molecule has 0 spiro atoms. The highest BCUT2D eigenvalue weighted by Crippen LogP contribution is 2.56. The molecule has 1 aromatic heterocycles. The van der Waals surface area contributed by atoms with E-state index in [0.717, 1.165) is 24.8 Å². The van der Waals surface area contributed by atoms with Gasteiger partial charge in [0.1, 0.15) is 35.2 Å². The van der Waals surface area contributed by atoms with Gasteiger partial charge in [-0.15, -0.1) is 0 Å². The number of halogens is 1. The Kier molecular flexibility index (Phi) is 14.0. The number of likely N-dealkylation sites (N-methyl/N-ethyl adjacent to an activating group) is 1. The number of nitriles is 1. The summed E-state index contributed by atoms with van der Waals surface area (Å²) in [5.41, 5.74) is -0.658. The van der Waals surface area contributed by atoms with E-state index in [1.807, 2.05) is 30.3 Å². The third kappa shape index (κ3) is 10.2. The van der Waals surface area contributed by atoms with Gasteiger partial charge in [0.2, 0.25) is 5.88 Å². The molecule has 4 heterocycles. The molecule has 8 rings (SSSR count). The quantitative estimate of drug-likeness (QED) is 0.0502. The van der Waals surface area contributed by atoms with Crippen molar-refractivity contribution in [3.63, 3.8) is 0 Å². The van der Waals surface area contributed by atoms with E-state index in [2.05, 4.69) is 57.2 Å². The molecule has 1 aliphatic carbocycles. The number of nitrogens with zero attached hydrogens (tertiary/aromatic N) is 4.